The maximum atomic E-state index is 12.7. The highest BCUT2D eigenvalue weighted by molar-refractivity contribution is 6.34. The van der Waals surface area contributed by atoms with E-state index < -0.39 is 6.10 Å². The van der Waals surface area contributed by atoms with Crippen LogP contribution >= 0.6 is 11.6 Å². The Bertz CT molecular complexity index is 894. The molecule has 5 nitrogen and oxygen atoms in total. The number of hydrogen-bond acceptors (Lipinski definition) is 3. The lowest BCUT2D eigenvalue weighted by atomic mass is 9.95. The fourth-order valence-corrected chi connectivity index (χ4v) is 3.89. The van der Waals surface area contributed by atoms with E-state index >= 15 is 0 Å². The van der Waals surface area contributed by atoms with Crippen LogP contribution in [0.3, 0.4) is 0 Å². The van der Waals surface area contributed by atoms with Crippen LogP contribution in [0.25, 0.3) is 0 Å². The minimum Gasteiger partial charge on any atom is -0.481 e. The van der Waals surface area contributed by atoms with Crippen molar-refractivity contribution in [3.05, 3.63) is 58.6 Å². The Labute approximate surface area is 183 Å². The van der Waals surface area contributed by atoms with Crippen molar-refractivity contribution in [2.75, 3.05) is 5.32 Å². The van der Waals surface area contributed by atoms with Crippen molar-refractivity contribution in [2.45, 2.75) is 64.5 Å². The smallest absolute Gasteiger partial charge is 0.265 e. The summed E-state index contributed by atoms with van der Waals surface area (Å²) in [4.78, 5) is 25.4. The second kappa shape index (κ2) is 10.5. The molecule has 0 aliphatic heterocycles. The third-order valence-corrected chi connectivity index (χ3v) is 5.68. The number of carbonyl (C=O) groups excluding carboxylic acids is 2. The summed E-state index contributed by atoms with van der Waals surface area (Å²) in [5, 5.41) is 6.28. The molecule has 160 valence electrons. The average Bonchev–Trinajstić information content (AvgIpc) is 2.74. The molecular formula is C24H29ClN2O3. The van der Waals surface area contributed by atoms with Crippen LogP contribution in [0, 0.1) is 6.92 Å². The van der Waals surface area contributed by atoms with Gasteiger partial charge in [-0.3, -0.25) is 9.59 Å². The van der Waals surface area contributed by atoms with E-state index in [9.17, 15) is 9.59 Å². The number of ether oxygens (including phenoxy) is 1. The molecule has 0 spiro atoms. The largest absolute Gasteiger partial charge is 0.481 e. The summed E-state index contributed by atoms with van der Waals surface area (Å²) in [7, 11) is 0. The third-order valence-electron chi connectivity index (χ3n) is 5.35. The standard InChI is InChI=1S/C24H29ClN2O3/c1-3-22(30-19-11-7-8-16(2)14-19)24(29)27-18-12-13-21(25)20(15-18)23(28)26-17-9-5-4-6-10-17/h7-8,11-15,17,22H,3-6,9-10H2,1-2H3,(H,26,28)(H,27,29). The Morgan fingerprint density at radius 3 is 2.60 bits per heavy atom. The van der Waals surface area contributed by atoms with Gasteiger partial charge in [-0.05, 0) is 62.1 Å². The zero-order chi connectivity index (χ0) is 21.5. The molecule has 6 heteroatoms. The van der Waals surface area contributed by atoms with Gasteiger partial charge >= 0.3 is 0 Å². The van der Waals surface area contributed by atoms with E-state index in [1.165, 1.54) is 6.42 Å². The molecule has 1 aliphatic rings. The number of rotatable bonds is 7. The predicted octanol–water partition coefficient (Wildman–Crippen LogP) is 5.51. The molecule has 0 heterocycles. The number of benzene rings is 2. The first-order valence-electron chi connectivity index (χ1n) is 10.6. The molecule has 1 saturated carbocycles. The first-order chi connectivity index (χ1) is 14.5. The van der Waals surface area contributed by atoms with Crippen LogP contribution in [0.2, 0.25) is 5.02 Å². The van der Waals surface area contributed by atoms with Crippen LogP contribution in [0.1, 0.15) is 61.4 Å². The number of amides is 2. The van der Waals surface area contributed by atoms with Crippen LogP contribution in [0.5, 0.6) is 5.75 Å². The monoisotopic (exact) mass is 428 g/mol. The molecule has 30 heavy (non-hydrogen) atoms. The van der Waals surface area contributed by atoms with Gasteiger partial charge in [0.1, 0.15) is 5.75 Å². The molecule has 1 atom stereocenters. The molecule has 1 aliphatic carbocycles. The van der Waals surface area contributed by atoms with Crippen LogP contribution in [0.4, 0.5) is 5.69 Å². The summed E-state index contributed by atoms with van der Waals surface area (Å²) < 4.78 is 5.86. The summed E-state index contributed by atoms with van der Waals surface area (Å²) in [6, 6.07) is 12.7. The van der Waals surface area contributed by atoms with Gasteiger partial charge in [0.05, 0.1) is 10.6 Å². The van der Waals surface area contributed by atoms with E-state index in [4.69, 9.17) is 16.3 Å². The van der Waals surface area contributed by atoms with E-state index in [0.29, 0.717) is 28.4 Å². The van der Waals surface area contributed by atoms with Gasteiger partial charge in [-0.1, -0.05) is 49.9 Å². The lowest BCUT2D eigenvalue weighted by molar-refractivity contribution is -0.122. The maximum Gasteiger partial charge on any atom is 0.265 e. The summed E-state index contributed by atoms with van der Waals surface area (Å²) in [6.07, 6.45) is 5.35. The quantitative estimate of drug-likeness (QED) is 0.611. The highest BCUT2D eigenvalue weighted by Gasteiger charge is 2.21. The Balaban J connectivity index is 1.67. The lowest BCUT2D eigenvalue weighted by Crippen LogP contribution is -2.36. The van der Waals surface area contributed by atoms with Gasteiger partial charge in [0.15, 0.2) is 6.10 Å². The van der Waals surface area contributed by atoms with Crippen LogP contribution in [0.15, 0.2) is 42.5 Å². The third kappa shape index (κ3) is 5.99. The molecule has 2 aromatic carbocycles. The van der Waals surface area contributed by atoms with Crippen LogP contribution in [-0.2, 0) is 4.79 Å². The number of anilines is 1. The molecular weight excluding hydrogens is 400 g/mol. The minimum atomic E-state index is -0.637. The van der Waals surface area contributed by atoms with Gasteiger partial charge in [-0.15, -0.1) is 0 Å². The molecule has 1 unspecified atom stereocenters. The Kier molecular flexibility index (Phi) is 7.75. The molecule has 2 N–H and O–H groups in total. The number of halogens is 1. The summed E-state index contributed by atoms with van der Waals surface area (Å²) in [5.74, 6) is 0.187. The van der Waals surface area contributed by atoms with E-state index in [2.05, 4.69) is 10.6 Å². The Morgan fingerprint density at radius 1 is 1.13 bits per heavy atom. The fourth-order valence-electron chi connectivity index (χ4n) is 3.69. The molecule has 2 amide bonds. The van der Waals surface area contributed by atoms with Crippen molar-refractivity contribution in [3.63, 3.8) is 0 Å². The topological polar surface area (TPSA) is 67.4 Å². The number of hydrogen-bond donors (Lipinski definition) is 2. The summed E-state index contributed by atoms with van der Waals surface area (Å²) >= 11 is 6.26. The molecule has 2 aromatic rings. The van der Waals surface area contributed by atoms with Crippen molar-refractivity contribution in [2.24, 2.45) is 0 Å². The fraction of sp³-hybridized carbons (Fsp3) is 0.417. The van der Waals surface area contributed by atoms with Crippen molar-refractivity contribution < 1.29 is 14.3 Å². The second-order valence-corrected chi connectivity index (χ2v) is 8.23. The van der Waals surface area contributed by atoms with Gasteiger partial charge in [-0.25, -0.2) is 0 Å². The SMILES string of the molecule is CCC(Oc1cccc(C)c1)C(=O)Nc1ccc(Cl)c(C(=O)NC2CCCCC2)c1. The van der Waals surface area contributed by atoms with E-state index in [1.807, 2.05) is 38.1 Å². The Morgan fingerprint density at radius 2 is 1.90 bits per heavy atom. The maximum absolute atomic E-state index is 12.7. The molecule has 0 saturated heterocycles. The molecule has 3 rings (SSSR count). The minimum absolute atomic E-state index is 0.188. The van der Waals surface area contributed by atoms with Crippen LogP contribution < -0.4 is 15.4 Å². The van der Waals surface area contributed by atoms with Gasteiger partial charge in [-0.2, -0.15) is 0 Å². The van der Waals surface area contributed by atoms with Crippen molar-refractivity contribution >= 4 is 29.1 Å². The molecule has 0 radical (unpaired) electrons. The zero-order valence-corrected chi connectivity index (χ0v) is 18.3. The highest BCUT2D eigenvalue weighted by Crippen LogP contribution is 2.23. The number of aryl methyl sites for hydroxylation is 1. The van der Waals surface area contributed by atoms with Gasteiger partial charge in [0.2, 0.25) is 0 Å². The predicted molar refractivity (Wildman–Crippen MR) is 120 cm³/mol. The van der Waals surface area contributed by atoms with Gasteiger partial charge in [0, 0.05) is 11.7 Å². The number of carbonyl (C=O) groups is 2. The van der Waals surface area contributed by atoms with Crippen molar-refractivity contribution in [1.82, 2.24) is 5.32 Å². The Hall–Kier alpha value is -2.53. The lowest BCUT2D eigenvalue weighted by Gasteiger charge is -2.23. The normalized spacial score (nSPS) is 15.3. The van der Waals surface area contributed by atoms with Gasteiger partial charge in [0.25, 0.3) is 11.8 Å². The molecule has 0 aromatic heterocycles. The van der Waals surface area contributed by atoms with Crippen molar-refractivity contribution in [1.29, 1.82) is 0 Å². The zero-order valence-electron chi connectivity index (χ0n) is 17.5. The first-order valence-corrected chi connectivity index (χ1v) is 11.0. The first kappa shape index (κ1) is 22.2. The average molecular weight is 429 g/mol. The molecule has 0 bridgehead atoms. The van der Waals surface area contributed by atoms with Crippen molar-refractivity contribution in [3.8, 4) is 5.75 Å². The second-order valence-electron chi connectivity index (χ2n) is 7.82. The number of nitrogens with one attached hydrogen (secondary N) is 2. The summed E-state index contributed by atoms with van der Waals surface area (Å²) in [6.45, 7) is 3.87. The van der Waals surface area contributed by atoms with E-state index in [0.717, 1.165) is 31.2 Å². The highest BCUT2D eigenvalue weighted by atomic mass is 35.5. The van der Waals surface area contributed by atoms with E-state index in [-0.39, 0.29) is 17.9 Å². The molecule has 1 fully saturated rings. The summed E-state index contributed by atoms with van der Waals surface area (Å²) in [5.41, 5.74) is 1.95. The van der Waals surface area contributed by atoms with E-state index in [1.54, 1.807) is 18.2 Å². The van der Waals surface area contributed by atoms with Crippen LogP contribution in [-0.4, -0.2) is 24.0 Å². The van der Waals surface area contributed by atoms with Gasteiger partial charge < -0.3 is 15.4 Å².